The third-order valence-electron chi connectivity index (χ3n) is 5.34. The van der Waals surface area contributed by atoms with Crippen molar-refractivity contribution in [3.8, 4) is 5.75 Å². The monoisotopic (exact) mass is 406 g/mol. The molecular formula is C24H26N2O4. The van der Waals surface area contributed by atoms with Crippen molar-refractivity contribution in [2.24, 2.45) is 0 Å². The van der Waals surface area contributed by atoms with Crippen LogP contribution in [0.2, 0.25) is 0 Å². The number of hydrogen-bond acceptors (Lipinski definition) is 5. The molecule has 2 aromatic carbocycles. The second kappa shape index (κ2) is 9.05. The summed E-state index contributed by atoms with van der Waals surface area (Å²) >= 11 is 0. The van der Waals surface area contributed by atoms with Gasteiger partial charge in [-0.25, -0.2) is 0 Å². The van der Waals surface area contributed by atoms with Gasteiger partial charge >= 0.3 is 0 Å². The van der Waals surface area contributed by atoms with Gasteiger partial charge in [0.2, 0.25) is 0 Å². The van der Waals surface area contributed by atoms with Crippen LogP contribution in [-0.4, -0.2) is 36.3 Å². The molecule has 0 spiro atoms. The van der Waals surface area contributed by atoms with Gasteiger partial charge in [0.1, 0.15) is 24.2 Å². The van der Waals surface area contributed by atoms with E-state index in [0.29, 0.717) is 29.7 Å². The van der Waals surface area contributed by atoms with Gasteiger partial charge in [-0.2, -0.15) is 0 Å². The Morgan fingerprint density at radius 3 is 2.80 bits per heavy atom. The second-order valence-electron chi connectivity index (χ2n) is 7.56. The molecule has 1 aliphatic heterocycles. The van der Waals surface area contributed by atoms with Crippen LogP contribution >= 0.6 is 0 Å². The molecule has 0 saturated carbocycles. The first-order valence-corrected chi connectivity index (χ1v) is 10.2. The van der Waals surface area contributed by atoms with E-state index in [2.05, 4.69) is 29.3 Å². The number of amides is 1. The summed E-state index contributed by atoms with van der Waals surface area (Å²) in [4.78, 5) is 14.9. The van der Waals surface area contributed by atoms with Gasteiger partial charge in [-0.1, -0.05) is 36.4 Å². The lowest BCUT2D eigenvalue weighted by molar-refractivity contribution is 0.0842. The van der Waals surface area contributed by atoms with Crippen molar-refractivity contribution in [3.63, 3.8) is 0 Å². The van der Waals surface area contributed by atoms with Gasteiger partial charge < -0.3 is 24.5 Å². The number of benzene rings is 2. The highest BCUT2D eigenvalue weighted by Gasteiger charge is 2.28. The van der Waals surface area contributed by atoms with Gasteiger partial charge in [-0.15, -0.1) is 0 Å². The van der Waals surface area contributed by atoms with Gasteiger partial charge in [-0.05, 0) is 43.2 Å². The lowest BCUT2D eigenvalue weighted by atomic mass is 10.1. The normalized spacial score (nSPS) is 16.2. The maximum Gasteiger partial charge on any atom is 0.254 e. The van der Waals surface area contributed by atoms with Gasteiger partial charge in [-0.3, -0.25) is 4.79 Å². The number of ether oxygens (including phenoxy) is 1. The predicted octanol–water partition coefficient (Wildman–Crippen LogP) is 3.40. The number of carbonyl (C=O) groups is 1. The number of nitrogens with one attached hydrogen (secondary N) is 1. The fraction of sp³-hybridized carbons (Fsp3) is 0.292. The fourth-order valence-corrected chi connectivity index (χ4v) is 3.76. The van der Waals surface area contributed by atoms with Crippen LogP contribution in [0, 0.1) is 0 Å². The van der Waals surface area contributed by atoms with Gasteiger partial charge in [0.05, 0.1) is 18.4 Å². The summed E-state index contributed by atoms with van der Waals surface area (Å²) in [5, 5.41) is 12.9. The summed E-state index contributed by atoms with van der Waals surface area (Å²) in [5.41, 5.74) is 2.98. The standard InChI is InChI=1S/C24H26N2O4/c1-17-13-18-7-5-6-10-22(18)26(17)15-23-21(11-12-29-23)24(28)25-14-19(27)16-30-20-8-3-2-4-9-20/h2-12,17,19,27H,13-16H2,1H3,(H,25,28). The summed E-state index contributed by atoms with van der Waals surface area (Å²) < 4.78 is 11.2. The Morgan fingerprint density at radius 1 is 1.20 bits per heavy atom. The van der Waals surface area contributed by atoms with E-state index in [9.17, 15) is 9.90 Å². The van der Waals surface area contributed by atoms with Crippen LogP contribution in [0.3, 0.4) is 0 Å². The molecule has 6 heteroatoms. The van der Waals surface area contributed by atoms with E-state index in [4.69, 9.17) is 9.15 Å². The Morgan fingerprint density at radius 2 is 1.97 bits per heavy atom. The molecule has 0 aliphatic carbocycles. The smallest absolute Gasteiger partial charge is 0.254 e. The van der Waals surface area contributed by atoms with Crippen LogP contribution in [-0.2, 0) is 13.0 Å². The quantitative estimate of drug-likeness (QED) is 0.600. The van der Waals surface area contributed by atoms with Crippen LogP contribution in [0.1, 0.15) is 28.6 Å². The maximum atomic E-state index is 12.7. The Hall–Kier alpha value is -3.25. The fourth-order valence-electron chi connectivity index (χ4n) is 3.76. The van der Waals surface area contributed by atoms with Gasteiger partial charge in [0.15, 0.2) is 0 Å². The zero-order valence-corrected chi connectivity index (χ0v) is 17.0. The molecule has 2 heterocycles. The zero-order valence-electron chi connectivity index (χ0n) is 17.0. The minimum Gasteiger partial charge on any atom is -0.491 e. The third kappa shape index (κ3) is 4.49. The summed E-state index contributed by atoms with van der Waals surface area (Å²) in [6, 6.07) is 19.6. The molecule has 2 unspecified atom stereocenters. The highest BCUT2D eigenvalue weighted by Crippen LogP contribution is 2.33. The zero-order chi connectivity index (χ0) is 20.9. The van der Waals surface area contributed by atoms with Gasteiger partial charge in [0, 0.05) is 18.3 Å². The van der Waals surface area contributed by atoms with Crippen LogP contribution in [0.15, 0.2) is 71.3 Å². The number of furan rings is 1. The minimum atomic E-state index is -0.810. The number of fused-ring (bicyclic) bond motifs is 1. The molecule has 1 aliphatic rings. The van der Waals surface area contributed by atoms with Crippen molar-refractivity contribution in [3.05, 3.63) is 83.8 Å². The van der Waals surface area contributed by atoms with E-state index in [1.165, 1.54) is 17.5 Å². The van der Waals surface area contributed by atoms with Crippen LogP contribution in [0.25, 0.3) is 0 Å². The number of nitrogens with zero attached hydrogens (tertiary/aromatic N) is 1. The first-order chi connectivity index (χ1) is 14.6. The molecule has 2 atom stereocenters. The number of rotatable bonds is 8. The van der Waals surface area contributed by atoms with Crippen molar-refractivity contribution >= 4 is 11.6 Å². The Bertz CT molecular complexity index is 986. The first kappa shape index (κ1) is 20.0. The van der Waals surface area contributed by atoms with Crippen molar-refractivity contribution in [2.75, 3.05) is 18.1 Å². The largest absolute Gasteiger partial charge is 0.491 e. The summed E-state index contributed by atoms with van der Waals surface area (Å²) in [5.74, 6) is 1.03. The summed E-state index contributed by atoms with van der Waals surface area (Å²) in [6.45, 7) is 2.89. The number of para-hydroxylation sites is 2. The van der Waals surface area contributed by atoms with Crippen molar-refractivity contribution < 1.29 is 19.1 Å². The molecular weight excluding hydrogens is 380 g/mol. The van der Waals surface area contributed by atoms with E-state index in [-0.39, 0.29) is 19.1 Å². The SMILES string of the molecule is CC1Cc2ccccc2N1Cc1occc1C(=O)NCC(O)COc1ccccc1. The summed E-state index contributed by atoms with van der Waals surface area (Å²) in [7, 11) is 0. The van der Waals surface area contributed by atoms with Crippen LogP contribution < -0.4 is 15.0 Å². The molecule has 0 radical (unpaired) electrons. The Labute approximate surface area is 176 Å². The topological polar surface area (TPSA) is 74.9 Å². The molecule has 156 valence electrons. The number of anilines is 1. The molecule has 0 bridgehead atoms. The molecule has 1 amide bonds. The Balaban J connectivity index is 1.33. The molecule has 1 aromatic heterocycles. The molecule has 2 N–H and O–H groups in total. The first-order valence-electron chi connectivity index (χ1n) is 10.2. The minimum absolute atomic E-state index is 0.0965. The second-order valence-corrected chi connectivity index (χ2v) is 7.56. The molecule has 4 rings (SSSR count). The third-order valence-corrected chi connectivity index (χ3v) is 5.34. The number of carbonyl (C=O) groups excluding carboxylic acids is 1. The average Bonchev–Trinajstić information content (AvgIpc) is 3.36. The number of aliphatic hydroxyl groups excluding tert-OH is 1. The number of hydrogen-bond donors (Lipinski definition) is 2. The average molecular weight is 406 g/mol. The van der Waals surface area contributed by atoms with Crippen molar-refractivity contribution in [1.29, 1.82) is 0 Å². The predicted molar refractivity (Wildman–Crippen MR) is 115 cm³/mol. The Kier molecular flexibility index (Phi) is 6.05. The van der Waals surface area contributed by atoms with Crippen LogP contribution in [0.5, 0.6) is 5.75 Å². The molecule has 3 aromatic rings. The lowest BCUT2D eigenvalue weighted by Crippen LogP contribution is -2.36. The molecule has 0 saturated heterocycles. The van der Waals surface area contributed by atoms with E-state index < -0.39 is 6.10 Å². The molecule has 6 nitrogen and oxygen atoms in total. The highest BCUT2D eigenvalue weighted by atomic mass is 16.5. The van der Waals surface area contributed by atoms with E-state index in [1.54, 1.807) is 6.07 Å². The van der Waals surface area contributed by atoms with E-state index in [0.717, 1.165) is 6.42 Å². The summed E-state index contributed by atoms with van der Waals surface area (Å²) in [6.07, 6.45) is 1.70. The highest BCUT2D eigenvalue weighted by molar-refractivity contribution is 5.95. The molecule has 30 heavy (non-hydrogen) atoms. The molecule has 0 fully saturated rings. The van der Waals surface area contributed by atoms with E-state index in [1.807, 2.05) is 42.5 Å². The van der Waals surface area contributed by atoms with Gasteiger partial charge in [0.25, 0.3) is 5.91 Å². The number of aliphatic hydroxyl groups is 1. The van der Waals surface area contributed by atoms with Crippen molar-refractivity contribution in [2.45, 2.75) is 32.0 Å². The maximum absolute atomic E-state index is 12.7. The van der Waals surface area contributed by atoms with E-state index >= 15 is 0 Å². The van der Waals surface area contributed by atoms with Crippen LogP contribution in [0.4, 0.5) is 5.69 Å². The lowest BCUT2D eigenvalue weighted by Gasteiger charge is -2.24. The van der Waals surface area contributed by atoms with Crippen molar-refractivity contribution in [1.82, 2.24) is 5.32 Å².